The van der Waals surface area contributed by atoms with E-state index in [4.69, 9.17) is 5.11 Å². The van der Waals surface area contributed by atoms with Crippen molar-refractivity contribution in [1.29, 1.82) is 0 Å². The van der Waals surface area contributed by atoms with Crippen LogP contribution in [-0.2, 0) is 4.79 Å². The summed E-state index contributed by atoms with van der Waals surface area (Å²) in [6, 6.07) is 0.395. The lowest BCUT2D eigenvalue weighted by Gasteiger charge is -2.40. The zero-order valence-corrected chi connectivity index (χ0v) is 10.7. The van der Waals surface area contributed by atoms with Crippen LogP contribution in [0, 0.1) is 11.8 Å². The third kappa shape index (κ3) is 2.99. The molecule has 1 saturated carbocycles. The van der Waals surface area contributed by atoms with E-state index in [0.29, 0.717) is 18.5 Å². The Morgan fingerprint density at radius 2 is 2.18 bits per heavy atom. The molecule has 2 atom stereocenters. The first-order valence-electron chi connectivity index (χ1n) is 6.84. The van der Waals surface area contributed by atoms with Gasteiger partial charge in [-0.15, -0.1) is 0 Å². The monoisotopic (exact) mass is 240 g/mol. The van der Waals surface area contributed by atoms with Gasteiger partial charge in [0.1, 0.15) is 0 Å². The van der Waals surface area contributed by atoms with Gasteiger partial charge in [-0.2, -0.15) is 0 Å². The second-order valence-electron chi connectivity index (χ2n) is 5.54. The predicted molar refractivity (Wildman–Crippen MR) is 66.6 cm³/mol. The van der Waals surface area contributed by atoms with Gasteiger partial charge in [-0.05, 0) is 38.1 Å². The summed E-state index contributed by atoms with van der Waals surface area (Å²) in [4.78, 5) is 14.4. The second-order valence-corrected chi connectivity index (χ2v) is 5.54. The number of aliphatic hydroxyl groups excluding tert-OH is 1. The molecule has 17 heavy (non-hydrogen) atoms. The Kier molecular flexibility index (Phi) is 4.40. The van der Waals surface area contributed by atoms with Gasteiger partial charge in [-0.1, -0.05) is 6.92 Å². The van der Waals surface area contributed by atoms with Crippen molar-refractivity contribution in [3.05, 3.63) is 0 Å². The summed E-state index contributed by atoms with van der Waals surface area (Å²) in [5.41, 5.74) is 0. The number of rotatable bonds is 4. The number of carbonyl (C=O) groups is 1. The number of hydrogen-bond donors (Lipinski definition) is 2. The van der Waals surface area contributed by atoms with Gasteiger partial charge in [0.2, 0.25) is 5.91 Å². The van der Waals surface area contributed by atoms with Crippen molar-refractivity contribution < 1.29 is 9.90 Å². The fourth-order valence-electron chi connectivity index (χ4n) is 2.86. The number of piperidine rings is 1. The van der Waals surface area contributed by atoms with Gasteiger partial charge in [0, 0.05) is 19.1 Å². The molecule has 2 unspecified atom stereocenters. The SMILES string of the molecule is CC1CNCC(C(=O)N(CCO)C2CCC2)C1. The van der Waals surface area contributed by atoms with Crippen molar-refractivity contribution in [2.45, 2.75) is 38.6 Å². The number of nitrogens with one attached hydrogen (secondary N) is 1. The average Bonchev–Trinajstić information content (AvgIpc) is 2.25. The molecule has 0 aromatic heterocycles. The van der Waals surface area contributed by atoms with Crippen LogP contribution in [0.2, 0.25) is 0 Å². The van der Waals surface area contributed by atoms with Gasteiger partial charge in [0.05, 0.1) is 12.5 Å². The van der Waals surface area contributed by atoms with Gasteiger partial charge in [0.15, 0.2) is 0 Å². The normalized spacial score (nSPS) is 29.8. The van der Waals surface area contributed by atoms with Crippen LogP contribution in [0.15, 0.2) is 0 Å². The minimum atomic E-state index is 0.0813. The summed E-state index contributed by atoms with van der Waals surface area (Å²) in [7, 11) is 0. The van der Waals surface area contributed by atoms with E-state index in [0.717, 1.165) is 32.4 Å². The molecule has 1 aliphatic heterocycles. The Hall–Kier alpha value is -0.610. The molecule has 4 heteroatoms. The van der Waals surface area contributed by atoms with Gasteiger partial charge in [0.25, 0.3) is 0 Å². The molecule has 0 radical (unpaired) electrons. The minimum Gasteiger partial charge on any atom is -0.395 e. The van der Waals surface area contributed by atoms with Crippen molar-refractivity contribution in [2.75, 3.05) is 26.2 Å². The van der Waals surface area contributed by atoms with Crippen molar-refractivity contribution >= 4 is 5.91 Å². The second kappa shape index (κ2) is 5.83. The zero-order chi connectivity index (χ0) is 12.3. The topological polar surface area (TPSA) is 52.6 Å². The molecule has 2 aliphatic rings. The first-order valence-corrected chi connectivity index (χ1v) is 6.84. The summed E-state index contributed by atoms with van der Waals surface area (Å²) in [6.45, 7) is 4.60. The van der Waals surface area contributed by atoms with Crippen molar-refractivity contribution in [2.24, 2.45) is 11.8 Å². The molecule has 0 spiro atoms. The number of nitrogens with zero attached hydrogens (tertiary/aromatic N) is 1. The fourth-order valence-corrected chi connectivity index (χ4v) is 2.86. The average molecular weight is 240 g/mol. The largest absolute Gasteiger partial charge is 0.395 e. The van der Waals surface area contributed by atoms with E-state index in [1.54, 1.807) is 0 Å². The van der Waals surface area contributed by atoms with E-state index < -0.39 is 0 Å². The van der Waals surface area contributed by atoms with Crippen LogP contribution in [0.25, 0.3) is 0 Å². The van der Waals surface area contributed by atoms with E-state index in [9.17, 15) is 4.79 Å². The highest BCUT2D eigenvalue weighted by Gasteiger charge is 2.34. The van der Waals surface area contributed by atoms with Crippen LogP contribution >= 0.6 is 0 Å². The van der Waals surface area contributed by atoms with E-state index >= 15 is 0 Å². The van der Waals surface area contributed by atoms with E-state index in [-0.39, 0.29) is 18.4 Å². The quantitative estimate of drug-likeness (QED) is 0.757. The van der Waals surface area contributed by atoms with Crippen molar-refractivity contribution in [3.8, 4) is 0 Å². The highest BCUT2D eigenvalue weighted by molar-refractivity contribution is 5.79. The molecule has 0 bridgehead atoms. The summed E-state index contributed by atoms with van der Waals surface area (Å²) in [6.07, 6.45) is 4.43. The molecule has 4 nitrogen and oxygen atoms in total. The molecule has 0 aromatic rings. The molecular weight excluding hydrogens is 216 g/mol. The van der Waals surface area contributed by atoms with Crippen LogP contribution in [0.1, 0.15) is 32.6 Å². The van der Waals surface area contributed by atoms with Crippen LogP contribution in [0.4, 0.5) is 0 Å². The lowest BCUT2D eigenvalue weighted by Crippen LogP contribution is -2.51. The summed E-state index contributed by atoms with van der Waals surface area (Å²) in [5.74, 6) is 0.948. The van der Waals surface area contributed by atoms with E-state index in [1.165, 1.54) is 6.42 Å². The molecule has 1 heterocycles. The molecular formula is C13H24N2O2. The van der Waals surface area contributed by atoms with E-state index in [2.05, 4.69) is 12.2 Å². The molecule has 1 aliphatic carbocycles. The van der Waals surface area contributed by atoms with Gasteiger partial charge in [-0.3, -0.25) is 4.79 Å². The maximum absolute atomic E-state index is 12.4. The third-order valence-electron chi connectivity index (χ3n) is 4.06. The van der Waals surface area contributed by atoms with Crippen LogP contribution in [0.3, 0.4) is 0 Å². The zero-order valence-electron chi connectivity index (χ0n) is 10.7. The molecule has 2 fully saturated rings. The first-order chi connectivity index (χ1) is 8.22. The van der Waals surface area contributed by atoms with Crippen molar-refractivity contribution in [3.63, 3.8) is 0 Å². The standard InChI is InChI=1S/C13H24N2O2/c1-10-7-11(9-14-8-10)13(17)15(5-6-16)12-3-2-4-12/h10-12,14,16H,2-9H2,1H3. The Morgan fingerprint density at radius 1 is 1.41 bits per heavy atom. The maximum Gasteiger partial charge on any atom is 0.227 e. The molecule has 2 N–H and O–H groups in total. The van der Waals surface area contributed by atoms with Gasteiger partial charge in [-0.25, -0.2) is 0 Å². The number of hydrogen-bond acceptors (Lipinski definition) is 3. The fraction of sp³-hybridized carbons (Fsp3) is 0.923. The highest BCUT2D eigenvalue weighted by atomic mass is 16.3. The minimum absolute atomic E-state index is 0.0813. The Balaban J connectivity index is 1.94. The number of amides is 1. The molecule has 1 amide bonds. The number of aliphatic hydroxyl groups is 1. The maximum atomic E-state index is 12.4. The Labute approximate surface area is 103 Å². The van der Waals surface area contributed by atoms with Crippen molar-refractivity contribution in [1.82, 2.24) is 10.2 Å². The van der Waals surface area contributed by atoms with Gasteiger partial charge < -0.3 is 15.3 Å². The van der Waals surface area contributed by atoms with Crippen LogP contribution in [0.5, 0.6) is 0 Å². The lowest BCUT2D eigenvalue weighted by molar-refractivity contribution is -0.141. The smallest absolute Gasteiger partial charge is 0.227 e. The highest BCUT2D eigenvalue weighted by Crippen LogP contribution is 2.27. The molecule has 0 aromatic carbocycles. The molecule has 2 rings (SSSR count). The Bertz CT molecular complexity index is 266. The van der Waals surface area contributed by atoms with Crippen LogP contribution in [-0.4, -0.2) is 48.2 Å². The molecule has 98 valence electrons. The number of carbonyl (C=O) groups excluding carboxylic acids is 1. The summed E-state index contributed by atoms with van der Waals surface area (Å²) >= 11 is 0. The van der Waals surface area contributed by atoms with Crippen LogP contribution < -0.4 is 5.32 Å². The van der Waals surface area contributed by atoms with Gasteiger partial charge >= 0.3 is 0 Å². The Morgan fingerprint density at radius 3 is 2.71 bits per heavy atom. The molecule has 1 saturated heterocycles. The lowest BCUT2D eigenvalue weighted by atomic mass is 9.87. The first kappa shape index (κ1) is 12.8. The predicted octanol–water partition coefficient (Wildman–Crippen LogP) is 0.605. The summed E-state index contributed by atoms with van der Waals surface area (Å²) < 4.78 is 0. The third-order valence-corrected chi connectivity index (χ3v) is 4.06. The van der Waals surface area contributed by atoms with E-state index in [1.807, 2.05) is 4.90 Å². The summed E-state index contributed by atoms with van der Waals surface area (Å²) in [5, 5.41) is 12.4.